The van der Waals surface area contributed by atoms with Crippen molar-refractivity contribution in [2.45, 2.75) is 134 Å². The number of nitrogens with one attached hydrogen (secondary N) is 3. The average molecular weight is 907 g/mol. The second-order valence-corrected chi connectivity index (χ2v) is 17.7. The van der Waals surface area contributed by atoms with Crippen LogP contribution < -0.4 is 16.0 Å². The third kappa shape index (κ3) is 11.6. The first-order valence-corrected chi connectivity index (χ1v) is 21.3. The molecule has 4 rings (SSSR count). The van der Waals surface area contributed by atoms with Crippen LogP contribution in [0, 0.1) is 11.3 Å². The first kappa shape index (κ1) is 49.5. The summed E-state index contributed by atoms with van der Waals surface area (Å²) in [6, 6.07) is -2.88. The number of carbonyl (C=O) groups is 7. The van der Waals surface area contributed by atoms with Crippen LogP contribution >= 0.6 is 23.2 Å². The predicted octanol–water partition coefficient (Wildman–Crippen LogP) is 4.04. The van der Waals surface area contributed by atoms with Gasteiger partial charge in [-0.05, 0) is 81.5 Å². The summed E-state index contributed by atoms with van der Waals surface area (Å²) >= 11 is 12.7. The van der Waals surface area contributed by atoms with Crippen LogP contribution in [-0.2, 0) is 40.0 Å². The molecule has 7 atom stereocenters. The molecule has 14 nitrogen and oxygen atoms in total. The van der Waals surface area contributed by atoms with Gasteiger partial charge in [-0.1, -0.05) is 44.0 Å². The minimum absolute atomic E-state index is 0.0418. The van der Waals surface area contributed by atoms with Crippen molar-refractivity contribution in [3.8, 4) is 0 Å². The van der Waals surface area contributed by atoms with Crippen LogP contribution in [0.5, 0.6) is 0 Å². The molecule has 3 aliphatic rings. The highest BCUT2D eigenvalue weighted by molar-refractivity contribution is 6.33. The molecule has 2 saturated heterocycles. The van der Waals surface area contributed by atoms with Gasteiger partial charge in [-0.2, -0.15) is 13.2 Å². The Morgan fingerprint density at radius 1 is 1.02 bits per heavy atom. The van der Waals surface area contributed by atoms with Crippen molar-refractivity contribution in [2.75, 3.05) is 34.2 Å². The highest BCUT2D eigenvalue weighted by Gasteiger charge is 2.70. The molecule has 0 spiro atoms. The maximum Gasteiger partial charge on any atom is 0.403 e. The minimum atomic E-state index is -4.88. The average Bonchev–Trinajstić information content (AvgIpc) is 3.93. The Hall–Kier alpha value is -4.19. The summed E-state index contributed by atoms with van der Waals surface area (Å²) in [6.45, 7) is 6.26. The number of nitrogens with zero attached hydrogens (tertiary/aromatic N) is 4. The summed E-state index contributed by atoms with van der Waals surface area (Å²) in [6.07, 6.45) is -7.43. The normalized spacial score (nSPS) is 26.2. The number of likely N-dealkylation sites (tertiary alicyclic amines) is 1. The van der Waals surface area contributed by atoms with Crippen molar-refractivity contribution in [1.29, 1.82) is 0 Å². The molecular formula is C41H57Cl2F4N7O7. The molecular weight excluding hydrogens is 849 g/mol. The number of alkyl halides is 4. The van der Waals surface area contributed by atoms with Gasteiger partial charge in [-0.3, -0.25) is 33.6 Å². The van der Waals surface area contributed by atoms with Gasteiger partial charge in [0.25, 0.3) is 0 Å². The van der Waals surface area contributed by atoms with Gasteiger partial charge in [0.15, 0.2) is 0 Å². The summed E-state index contributed by atoms with van der Waals surface area (Å²) in [5.74, 6) is -5.72. The number of halogens is 6. The quantitative estimate of drug-likeness (QED) is 0.298. The Bertz CT molecular complexity index is 1830. The van der Waals surface area contributed by atoms with Crippen LogP contribution in [0.15, 0.2) is 18.2 Å². The van der Waals surface area contributed by atoms with Gasteiger partial charge >= 0.3 is 6.18 Å². The lowest BCUT2D eigenvalue weighted by molar-refractivity contribution is -0.199. The smallest absolute Gasteiger partial charge is 0.344 e. The number of rotatable bonds is 10. The Labute approximate surface area is 363 Å². The Kier molecular flexibility index (Phi) is 16.5. The van der Waals surface area contributed by atoms with Gasteiger partial charge in [0.05, 0.1) is 6.54 Å². The molecule has 1 saturated carbocycles. The molecule has 3 N–H and O–H groups in total. The van der Waals surface area contributed by atoms with E-state index in [4.69, 9.17) is 23.2 Å². The maximum atomic E-state index is 14.7. The fourth-order valence-electron chi connectivity index (χ4n) is 7.96. The largest absolute Gasteiger partial charge is 0.403 e. The monoisotopic (exact) mass is 905 g/mol. The lowest BCUT2D eigenvalue weighted by atomic mass is 9.98. The van der Waals surface area contributed by atoms with E-state index in [9.17, 15) is 51.1 Å². The van der Waals surface area contributed by atoms with E-state index < -0.39 is 121 Å². The van der Waals surface area contributed by atoms with Gasteiger partial charge in [0.2, 0.25) is 41.4 Å². The fraction of sp³-hybridized carbons (Fsp3) is 0.683. The lowest BCUT2D eigenvalue weighted by Gasteiger charge is -2.35. The van der Waals surface area contributed by atoms with E-state index in [1.165, 1.54) is 30.8 Å². The van der Waals surface area contributed by atoms with Crippen molar-refractivity contribution in [3.05, 3.63) is 33.8 Å². The molecule has 3 fully saturated rings. The van der Waals surface area contributed by atoms with E-state index in [1.807, 2.05) is 13.8 Å². The van der Waals surface area contributed by atoms with E-state index in [0.29, 0.717) is 28.3 Å². The number of likely N-dealkylation sites (N-methyl/N-ethyl adjacent to an activating group) is 3. The fourth-order valence-corrected chi connectivity index (χ4v) is 8.34. The molecule has 1 aliphatic carbocycles. The molecule has 61 heavy (non-hydrogen) atoms. The summed E-state index contributed by atoms with van der Waals surface area (Å²) < 4.78 is 56.2. The molecule has 2 heterocycles. The topological polar surface area (TPSA) is 169 Å². The van der Waals surface area contributed by atoms with E-state index in [0.717, 1.165) is 4.90 Å². The van der Waals surface area contributed by atoms with Crippen LogP contribution in [0.3, 0.4) is 0 Å². The van der Waals surface area contributed by atoms with Gasteiger partial charge in [-0.15, -0.1) is 0 Å². The number of hydrogen-bond donors (Lipinski definition) is 3. The molecule has 0 bridgehead atoms. The lowest BCUT2D eigenvalue weighted by Crippen LogP contribution is -2.60. The summed E-state index contributed by atoms with van der Waals surface area (Å²) in [5, 5.41) is 8.64. The van der Waals surface area contributed by atoms with Crippen LogP contribution in [0.1, 0.15) is 84.6 Å². The molecule has 0 radical (unpaired) electrons. The SMILES string of the molecule is CC[C@H](NC(=O)[C@@H]1C[C@@H](F)CN1C(=O)C1(C(F)(F)F)CC1)C(=O)N(C)[C@H]1CCCCN(C)C(=O)[C@@H](C)NC(=O)[C@H](Cc2cc(Cl)ccc2Cl)N(C)C(=O)[C@H](CC(C)C)NC1=O. The second kappa shape index (κ2) is 20.3. The van der Waals surface area contributed by atoms with E-state index >= 15 is 0 Å². The standard InChI is InChI=1S/C41H57Cl2F4N7O7/c1-8-28(49-35(57)32-20-26(44)21-54(32)39(61)40(14-15-40)41(45,46)47)37(59)52(6)30-11-9-10-16-51(5)36(58)23(4)48-34(56)31(19-24-18-25(42)12-13-27(24)43)53(7)38(60)29(17-22(2)3)50-33(30)55/h12-13,18,22-23,26,28-32H,8-11,14-17,19-21H2,1-7H3,(H,48,56)(H,49,57)(H,50,55)/t23-,26-,28+,29+,30+,31+,32+/m1/s1. The number of amides is 7. The molecule has 340 valence electrons. The van der Waals surface area contributed by atoms with Crippen molar-refractivity contribution < 1.29 is 51.1 Å². The maximum absolute atomic E-state index is 14.7. The van der Waals surface area contributed by atoms with Gasteiger partial charge in [-0.25, -0.2) is 4.39 Å². The number of hydrogen-bond acceptors (Lipinski definition) is 7. The zero-order valence-corrected chi connectivity index (χ0v) is 37.1. The third-order valence-electron chi connectivity index (χ3n) is 11.8. The van der Waals surface area contributed by atoms with Gasteiger partial charge in [0, 0.05) is 50.6 Å². The number of benzene rings is 1. The predicted molar refractivity (Wildman–Crippen MR) is 219 cm³/mol. The zero-order valence-electron chi connectivity index (χ0n) is 35.5. The van der Waals surface area contributed by atoms with E-state index in [1.54, 1.807) is 32.2 Å². The molecule has 7 amide bonds. The van der Waals surface area contributed by atoms with Crippen molar-refractivity contribution in [1.82, 2.24) is 35.6 Å². The summed E-state index contributed by atoms with van der Waals surface area (Å²) in [7, 11) is 4.28. The molecule has 20 heteroatoms. The first-order valence-electron chi connectivity index (χ1n) is 20.6. The van der Waals surface area contributed by atoms with Crippen molar-refractivity contribution in [2.24, 2.45) is 11.3 Å². The van der Waals surface area contributed by atoms with Crippen LogP contribution in [0.2, 0.25) is 10.0 Å². The Morgan fingerprint density at radius 2 is 1.67 bits per heavy atom. The van der Waals surface area contributed by atoms with E-state index in [2.05, 4.69) is 16.0 Å². The molecule has 2 aliphatic heterocycles. The minimum Gasteiger partial charge on any atom is -0.344 e. The van der Waals surface area contributed by atoms with Crippen molar-refractivity contribution in [3.63, 3.8) is 0 Å². The first-order chi connectivity index (χ1) is 28.4. The van der Waals surface area contributed by atoms with Crippen LogP contribution in [0.4, 0.5) is 17.6 Å². The zero-order chi connectivity index (χ0) is 45.7. The molecule has 1 aromatic carbocycles. The summed E-state index contributed by atoms with van der Waals surface area (Å²) in [5.41, 5.74) is -2.22. The van der Waals surface area contributed by atoms with Gasteiger partial charge in [0.1, 0.15) is 47.8 Å². The third-order valence-corrected chi connectivity index (χ3v) is 12.4. The molecule has 0 unspecified atom stereocenters. The highest BCUT2D eigenvalue weighted by Crippen LogP contribution is 2.59. The Balaban J connectivity index is 1.63. The number of carbonyl (C=O) groups excluding carboxylic acids is 7. The molecule has 0 aromatic heterocycles. The Morgan fingerprint density at radius 3 is 2.26 bits per heavy atom. The van der Waals surface area contributed by atoms with Gasteiger partial charge < -0.3 is 35.6 Å². The van der Waals surface area contributed by atoms with E-state index in [-0.39, 0.29) is 43.2 Å². The summed E-state index contributed by atoms with van der Waals surface area (Å²) in [4.78, 5) is 101. The highest BCUT2D eigenvalue weighted by atomic mass is 35.5. The molecule has 1 aromatic rings. The van der Waals surface area contributed by atoms with Crippen LogP contribution in [-0.4, -0.2) is 144 Å². The second-order valence-electron chi connectivity index (χ2n) is 16.9. The van der Waals surface area contributed by atoms with Crippen molar-refractivity contribution >= 4 is 64.6 Å². The van der Waals surface area contributed by atoms with Crippen LogP contribution in [0.25, 0.3) is 0 Å².